The number of anilines is 1. The predicted octanol–water partition coefficient (Wildman–Crippen LogP) is 1.80. The van der Waals surface area contributed by atoms with Crippen LogP contribution < -0.4 is 10.2 Å². The number of nitrogens with zero attached hydrogens (tertiary/aromatic N) is 2. The number of aliphatic hydroxyl groups excluding tert-OH is 1. The molecule has 0 aromatic carbocycles. The van der Waals surface area contributed by atoms with Crippen LogP contribution in [-0.4, -0.2) is 41.4 Å². The molecular formula is C15H25N3O. The first kappa shape index (κ1) is 14.3. The highest BCUT2D eigenvalue weighted by Crippen LogP contribution is 2.19. The van der Waals surface area contributed by atoms with Crippen molar-refractivity contribution in [3.8, 4) is 0 Å². The Balaban J connectivity index is 1.76. The van der Waals surface area contributed by atoms with E-state index in [0.29, 0.717) is 12.1 Å². The van der Waals surface area contributed by atoms with Crippen LogP contribution in [-0.2, 0) is 0 Å². The van der Waals surface area contributed by atoms with Crippen LogP contribution in [0, 0.1) is 0 Å². The summed E-state index contributed by atoms with van der Waals surface area (Å²) in [5, 5.41) is 13.0. The van der Waals surface area contributed by atoms with Crippen LogP contribution >= 0.6 is 0 Å². The predicted molar refractivity (Wildman–Crippen MR) is 78.4 cm³/mol. The molecule has 106 valence electrons. The number of piperidine rings is 1. The second-order valence-corrected chi connectivity index (χ2v) is 5.62. The van der Waals surface area contributed by atoms with Gasteiger partial charge in [-0.1, -0.05) is 0 Å². The van der Waals surface area contributed by atoms with Gasteiger partial charge in [0, 0.05) is 43.3 Å². The Hall–Kier alpha value is -1.13. The molecule has 0 saturated carbocycles. The molecule has 0 bridgehead atoms. The highest BCUT2D eigenvalue weighted by atomic mass is 16.3. The lowest BCUT2D eigenvalue weighted by Crippen LogP contribution is -2.46. The molecular weight excluding hydrogens is 238 g/mol. The lowest BCUT2D eigenvalue weighted by atomic mass is 10.0. The van der Waals surface area contributed by atoms with Crippen molar-refractivity contribution in [2.75, 3.05) is 18.0 Å². The van der Waals surface area contributed by atoms with Crippen molar-refractivity contribution < 1.29 is 5.11 Å². The Bertz CT molecular complexity index is 361. The minimum atomic E-state index is -0.223. The Morgan fingerprint density at radius 3 is 2.53 bits per heavy atom. The smallest absolute Gasteiger partial charge is 0.0526 e. The number of aliphatic hydroxyl groups is 1. The van der Waals surface area contributed by atoms with Gasteiger partial charge < -0.3 is 15.3 Å². The fourth-order valence-corrected chi connectivity index (χ4v) is 2.84. The van der Waals surface area contributed by atoms with Gasteiger partial charge in [0.15, 0.2) is 0 Å². The molecule has 0 radical (unpaired) electrons. The van der Waals surface area contributed by atoms with Crippen LogP contribution in [0.1, 0.15) is 33.1 Å². The Morgan fingerprint density at radius 2 is 1.95 bits per heavy atom. The summed E-state index contributed by atoms with van der Waals surface area (Å²) in [6.45, 7) is 6.18. The molecule has 0 amide bonds. The molecule has 2 rings (SSSR count). The van der Waals surface area contributed by atoms with E-state index in [1.54, 1.807) is 0 Å². The third kappa shape index (κ3) is 4.48. The molecule has 0 spiro atoms. The summed E-state index contributed by atoms with van der Waals surface area (Å²) >= 11 is 0. The summed E-state index contributed by atoms with van der Waals surface area (Å²) in [5.41, 5.74) is 1.27. The maximum atomic E-state index is 9.39. The van der Waals surface area contributed by atoms with Crippen molar-refractivity contribution in [3.05, 3.63) is 24.5 Å². The van der Waals surface area contributed by atoms with E-state index in [1.807, 2.05) is 19.3 Å². The van der Waals surface area contributed by atoms with Crippen LogP contribution in [0.5, 0.6) is 0 Å². The molecule has 1 aliphatic rings. The van der Waals surface area contributed by atoms with Crippen LogP contribution in [0.3, 0.4) is 0 Å². The first-order valence-corrected chi connectivity index (χ1v) is 7.24. The maximum Gasteiger partial charge on any atom is 0.0526 e. The fraction of sp³-hybridized carbons (Fsp3) is 0.667. The molecule has 19 heavy (non-hydrogen) atoms. The van der Waals surface area contributed by atoms with E-state index in [0.717, 1.165) is 32.4 Å². The van der Waals surface area contributed by atoms with Gasteiger partial charge in [0.1, 0.15) is 0 Å². The van der Waals surface area contributed by atoms with Gasteiger partial charge in [-0.25, -0.2) is 0 Å². The highest BCUT2D eigenvalue weighted by Gasteiger charge is 2.20. The van der Waals surface area contributed by atoms with E-state index in [4.69, 9.17) is 0 Å². The minimum absolute atomic E-state index is 0.223. The van der Waals surface area contributed by atoms with Gasteiger partial charge in [-0.15, -0.1) is 0 Å². The van der Waals surface area contributed by atoms with E-state index in [1.165, 1.54) is 5.69 Å². The van der Waals surface area contributed by atoms with Gasteiger partial charge in [-0.2, -0.15) is 0 Å². The number of aromatic nitrogens is 1. The summed E-state index contributed by atoms with van der Waals surface area (Å²) in [6, 6.07) is 5.11. The van der Waals surface area contributed by atoms with Crippen molar-refractivity contribution >= 4 is 5.69 Å². The zero-order valence-corrected chi connectivity index (χ0v) is 11.9. The van der Waals surface area contributed by atoms with E-state index >= 15 is 0 Å². The van der Waals surface area contributed by atoms with Crippen LogP contribution in [0.25, 0.3) is 0 Å². The molecule has 1 aromatic heterocycles. The molecule has 1 fully saturated rings. The largest absolute Gasteiger partial charge is 0.393 e. The van der Waals surface area contributed by atoms with Crippen molar-refractivity contribution in [2.24, 2.45) is 0 Å². The van der Waals surface area contributed by atoms with E-state index < -0.39 is 0 Å². The molecule has 1 aliphatic heterocycles. The van der Waals surface area contributed by atoms with Gasteiger partial charge in [-0.3, -0.25) is 4.98 Å². The van der Waals surface area contributed by atoms with Crippen molar-refractivity contribution in [1.82, 2.24) is 10.3 Å². The molecule has 4 heteroatoms. The summed E-state index contributed by atoms with van der Waals surface area (Å²) < 4.78 is 0. The van der Waals surface area contributed by atoms with Gasteiger partial charge in [-0.05, 0) is 45.2 Å². The summed E-state index contributed by atoms with van der Waals surface area (Å²) in [6.07, 6.45) is 6.62. The van der Waals surface area contributed by atoms with Crippen molar-refractivity contribution in [2.45, 2.75) is 51.3 Å². The van der Waals surface area contributed by atoms with Crippen LogP contribution in [0.2, 0.25) is 0 Å². The van der Waals surface area contributed by atoms with E-state index in [-0.39, 0.29) is 6.10 Å². The van der Waals surface area contributed by atoms with Crippen molar-refractivity contribution in [3.63, 3.8) is 0 Å². The third-order valence-corrected chi connectivity index (χ3v) is 3.74. The quantitative estimate of drug-likeness (QED) is 0.850. The molecule has 2 N–H and O–H groups in total. The van der Waals surface area contributed by atoms with Gasteiger partial charge in [0.2, 0.25) is 0 Å². The monoisotopic (exact) mass is 263 g/mol. The fourth-order valence-electron chi connectivity index (χ4n) is 2.84. The standard InChI is InChI=1S/C15H25N3O/c1-12(11-13(2)19)17-14-5-9-18(10-6-14)15-3-7-16-8-4-15/h3-4,7-8,12-14,17,19H,5-6,9-11H2,1-2H3. The maximum absolute atomic E-state index is 9.39. The van der Waals surface area contributed by atoms with Gasteiger partial charge in [0.05, 0.1) is 6.10 Å². The van der Waals surface area contributed by atoms with Gasteiger partial charge in [0.25, 0.3) is 0 Å². The number of pyridine rings is 1. The highest BCUT2D eigenvalue weighted by molar-refractivity contribution is 5.44. The summed E-state index contributed by atoms with van der Waals surface area (Å²) in [7, 11) is 0. The van der Waals surface area contributed by atoms with E-state index in [2.05, 4.69) is 34.3 Å². The topological polar surface area (TPSA) is 48.4 Å². The third-order valence-electron chi connectivity index (χ3n) is 3.74. The Kier molecular flexibility index (Phi) is 5.16. The summed E-state index contributed by atoms with van der Waals surface area (Å²) in [4.78, 5) is 6.48. The average molecular weight is 263 g/mol. The van der Waals surface area contributed by atoms with Crippen LogP contribution in [0.4, 0.5) is 5.69 Å². The first-order chi connectivity index (χ1) is 9.15. The lowest BCUT2D eigenvalue weighted by molar-refractivity contribution is 0.166. The van der Waals surface area contributed by atoms with E-state index in [9.17, 15) is 5.11 Å². The summed E-state index contributed by atoms with van der Waals surface area (Å²) in [5.74, 6) is 0. The zero-order chi connectivity index (χ0) is 13.7. The second kappa shape index (κ2) is 6.87. The molecule has 2 atom stereocenters. The second-order valence-electron chi connectivity index (χ2n) is 5.62. The number of rotatable bonds is 5. The van der Waals surface area contributed by atoms with Crippen molar-refractivity contribution in [1.29, 1.82) is 0 Å². The lowest BCUT2D eigenvalue weighted by Gasteiger charge is -2.35. The van der Waals surface area contributed by atoms with Crippen LogP contribution in [0.15, 0.2) is 24.5 Å². The first-order valence-electron chi connectivity index (χ1n) is 7.24. The molecule has 2 unspecified atom stereocenters. The minimum Gasteiger partial charge on any atom is -0.393 e. The SMILES string of the molecule is CC(O)CC(C)NC1CCN(c2ccncc2)CC1. The van der Waals surface area contributed by atoms with Gasteiger partial charge >= 0.3 is 0 Å². The normalized spacial score (nSPS) is 20.3. The number of hydrogen-bond donors (Lipinski definition) is 2. The number of hydrogen-bond acceptors (Lipinski definition) is 4. The molecule has 2 heterocycles. The Labute approximate surface area is 115 Å². The molecule has 1 aromatic rings. The molecule has 1 saturated heterocycles. The average Bonchev–Trinajstić information content (AvgIpc) is 2.39. The molecule has 4 nitrogen and oxygen atoms in total. The number of nitrogens with one attached hydrogen (secondary N) is 1. The Morgan fingerprint density at radius 1 is 1.32 bits per heavy atom. The molecule has 0 aliphatic carbocycles. The zero-order valence-electron chi connectivity index (χ0n) is 11.9.